The zero-order valence-electron chi connectivity index (χ0n) is 19.0. The first-order chi connectivity index (χ1) is 14.2. The number of aliphatic hydroxyl groups excluding tert-OH is 1. The average molecular weight is 480 g/mol. The van der Waals surface area contributed by atoms with Gasteiger partial charge in [-0.3, -0.25) is 0 Å². The second-order valence-electron chi connectivity index (χ2n) is 9.75. The maximum Gasteiger partial charge on any atom is 0.294 e. The number of hydrogen-bond acceptors (Lipinski definition) is 12. The van der Waals surface area contributed by atoms with E-state index >= 15 is 0 Å². The van der Waals surface area contributed by atoms with Crippen LogP contribution in [0.1, 0.15) is 48.5 Å². The predicted molar refractivity (Wildman–Crippen MR) is 117 cm³/mol. The number of nitrogens with zero attached hydrogens (tertiary/aromatic N) is 4. The topological polar surface area (TPSA) is 143 Å². The first-order valence-corrected chi connectivity index (χ1v) is 11.6. The molecule has 1 aliphatic heterocycles. The third kappa shape index (κ3) is 6.39. The highest BCUT2D eigenvalue weighted by Crippen LogP contribution is 2.52. The van der Waals surface area contributed by atoms with Crippen molar-refractivity contribution in [1.82, 2.24) is 19.1 Å². The van der Waals surface area contributed by atoms with Crippen LogP contribution < -0.4 is 10.1 Å². The zero-order chi connectivity index (χ0) is 23.6. The quantitative estimate of drug-likeness (QED) is 0.336. The molecule has 13 heteroatoms. The SMILES string of the molecule is CC(C)(C)NCC(O)COc1nsnc1SC1C(CO[N+](=O)[O-])C(C)(C)N(O)C1(C)C. The van der Waals surface area contributed by atoms with Crippen molar-refractivity contribution in [1.29, 1.82) is 0 Å². The number of hydrogen-bond donors (Lipinski definition) is 3. The number of aliphatic hydroxyl groups is 1. The fourth-order valence-corrected chi connectivity index (χ4v) is 5.80. The second kappa shape index (κ2) is 9.71. The van der Waals surface area contributed by atoms with E-state index in [2.05, 4.69) is 18.9 Å². The third-order valence-corrected chi connectivity index (χ3v) is 7.65. The fraction of sp³-hybridized carbons (Fsp3) is 0.889. The fourth-order valence-electron chi connectivity index (χ4n) is 3.65. The first-order valence-electron chi connectivity index (χ1n) is 9.98. The Morgan fingerprint density at radius 3 is 2.55 bits per heavy atom. The summed E-state index contributed by atoms with van der Waals surface area (Å²) >= 11 is 2.32. The highest BCUT2D eigenvalue weighted by Gasteiger charge is 2.59. The van der Waals surface area contributed by atoms with Crippen LogP contribution in [0, 0.1) is 16.0 Å². The van der Waals surface area contributed by atoms with Gasteiger partial charge in [0.05, 0.1) is 17.3 Å². The maximum absolute atomic E-state index is 10.8. The van der Waals surface area contributed by atoms with Gasteiger partial charge in [-0.2, -0.15) is 9.44 Å². The molecule has 1 aromatic heterocycles. The largest absolute Gasteiger partial charge is 0.472 e. The molecule has 3 unspecified atom stereocenters. The van der Waals surface area contributed by atoms with Crippen LogP contribution in [0.25, 0.3) is 0 Å². The summed E-state index contributed by atoms with van der Waals surface area (Å²) in [7, 11) is 0. The van der Waals surface area contributed by atoms with Crippen molar-refractivity contribution in [3.05, 3.63) is 10.1 Å². The minimum atomic E-state index is -0.823. The van der Waals surface area contributed by atoms with E-state index in [0.29, 0.717) is 17.5 Å². The van der Waals surface area contributed by atoms with Gasteiger partial charge in [0.2, 0.25) is 0 Å². The summed E-state index contributed by atoms with van der Waals surface area (Å²) in [6.45, 7) is 13.6. The van der Waals surface area contributed by atoms with Crippen LogP contribution in [0.2, 0.25) is 0 Å². The minimum Gasteiger partial charge on any atom is -0.472 e. The van der Waals surface area contributed by atoms with E-state index in [-0.39, 0.29) is 29.9 Å². The van der Waals surface area contributed by atoms with Gasteiger partial charge in [-0.05, 0) is 48.5 Å². The van der Waals surface area contributed by atoms with Gasteiger partial charge in [0.25, 0.3) is 11.0 Å². The van der Waals surface area contributed by atoms with Crippen LogP contribution in [-0.4, -0.2) is 76.9 Å². The Bertz CT molecular complexity index is 754. The van der Waals surface area contributed by atoms with Gasteiger partial charge in [-0.1, -0.05) is 11.8 Å². The lowest BCUT2D eigenvalue weighted by atomic mass is 9.87. The molecule has 11 nitrogen and oxygen atoms in total. The van der Waals surface area contributed by atoms with Crippen molar-refractivity contribution in [2.75, 3.05) is 19.8 Å². The molecule has 1 aliphatic rings. The van der Waals surface area contributed by atoms with Gasteiger partial charge in [0, 0.05) is 28.8 Å². The van der Waals surface area contributed by atoms with E-state index in [1.54, 1.807) is 0 Å². The molecule has 31 heavy (non-hydrogen) atoms. The number of thioether (sulfide) groups is 1. The van der Waals surface area contributed by atoms with Crippen molar-refractivity contribution in [3.8, 4) is 5.88 Å². The highest BCUT2D eigenvalue weighted by atomic mass is 32.2. The van der Waals surface area contributed by atoms with Crippen LogP contribution in [0.3, 0.4) is 0 Å². The van der Waals surface area contributed by atoms with E-state index in [1.807, 2.05) is 48.5 Å². The number of nitrogens with one attached hydrogen (secondary N) is 1. The monoisotopic (exact) mass is 479 g/mol. The molecule has 1 fully saturated rings. The summed E-state index contributed by atoms with van der Waals surface area (Å²) in [5.41, 5.74) is -1.62. The van der Waals surface area contributed by atoms with Crippen molar-refractivity contribution in [3.63, 3.8) is 0 Å². The van der Waals surface area contributed by atoms with Crippen molar-refractivity contribution in [2.45, 2.75) is 81.5 Å². The molecule has 0 saturated carbocycles. The Balaban J connectivity index is 2.12. The summed E-state index contributed by atoms with van der Waals surface area (Å²) < 4.78 is 14.2. The number of rotatable bonds is 10. The Kier molecular flexibility index (Phi) is 8.15. The number of hydroxylamine groups is 2. The molecule has 1 saturated heterocycles. The summed E-state index contributed by atoms with van der Waals surface area (Å²) in [5, 5.41) is 35.6. The average Bonchev–Trinajstić information content (AvgIpc) is 3.13. The van der Waals surface area contributed by atoms with E-state index in [4.69, 9.17) is 4.74 Å². The molecule has 0 spiro atoms. The minimum absolute atomic E-state index is 0.0432. The molecule has 2 heterocycles. The predicted octanol–water partition coefficient (Wildman–Crippen LogP) is 2.21. The van der Waals surface area contributed by atoms with Crippen molar-refractivity contribution in [2.24, 2.45) is 5.92 Å². The van der Waals surface area contributed by atoms with Crippen LogP contribution in [0.5, 0.6) is 5.88 Å². The third-order valence-electron chi connectivity index (χ3n) is 5.37. The number of aromatic nitrogens is 2. The first kappa shape index (κ1) is 26.0. The molecular formula is C18H33N5O6S2. The molecule has 3 atom stereocenters. The smallest absolute Gasteiger partial charge is 0.294 e. The Morgan fingerprint density at radius 2 is 1.97 bits per heavy atom. The molecule has 0 aliphatic carbocycles. The number of β-amino-alcohol motifs (C(OH)–C–C–N with tert-alkyl or cyclic N) is 1. The molecule has 0 aromatic carbocycles. The lowest BCUT2D eigenvalue weighted by molar-refractivity contribution is -0.759. The van der Waals surface area contributed by atoms with E-state index in [0.717, 1.165) is 11.7 Å². The van der Waals surface area contributed by atoms with Gasteiger partial charge in [-0.25, -0.2) is 0 Å². The zero-order valence-corrected chi connectivity index (χ0v) is 20.6. The van der Waals surface area contributed by atoms with Crippen LogP contribution in [0.15, 0.2) is 5.03 Å². The highest BCUT2D eigenvalue weighted by molar-refractivity contribution is 8.00. The van der Waals surface area contributed by atoms with Gasteiger partial charge >= 0.3 is 0 Å². The van der Waals surface area contributed by atoms with Crippen molar-refractivity contribution < 1.29 is 25.0 Å². The lowest BCUT2D eigenvalue weighted by Crippen LogP contribution is -2.48. The Morgan fingerprint density at radius 1 is 1.32 bits per heavy atom. The van der Waals surface area contributed by atoms with Gasteiger partial charge in [0.1, 0.15) is 19.3 Å². The van der Waals surface area contributed by atoms with Gasteiger partial charge in [-0.15, -0.1) is 14.5 Å². The molecule has 178 valence electrons. The van der Waals surface area contributed by atoms with Crippen LogP contribution in [-0.2, 0) is 4.84 Å². The lowest BCUT2D eigenvalue weighted by Gasteiger charge is -2.35. The maximum atomic E-state index is 10.8. The van der Waals surface area contributed by atoms with E-state index in [1.165, 1.54) is 16.8 Å². The molecule has 0 radical (unpaired) electrons. The Labute approximate surface area is 190 Å². The molecule has 3 N–H and O–H groups in total. The molecule has 2 rings (SSSR count). The van der Waals surface area contributed by atoms with Crippen LogP contribution in [0.4, 0.5) is 0 Å². The Hall–Kier alpha value is -1.25. The standard InChI is InChI=1S/C18H33N5O6S2/c1-16(2,3)19-8-11(24)9-28-14-15(21-31-20-14)30-13-12(10-29-23(26)27)17(4,5)22(25)18(13,6)7/h11-13,19,24-25H,8-10H2,1-7H3. The van der Waals surface area contributed by atoms with E-state index in [9.17, 15) is 20.4 Å². The summed E-state index contributed by atoms with van der Waals surface area (Å²) in [4.78, 5) is 15.5. The van der Waals surface area contributed by atoms with E-state index < -0.39 is 22.3 Å². The summed E-state index contributed by atoms with van der Waals surface area (Å²) in [6, 6.07) is 0. The summed E-state index contributed by atoms with van der Waals surface area (Å²) in [6.07, 6.45) is -0.727. The van der Waals surface area contributed by atoms with Gasteiger partial charge < -0.3 is 25.2 Å². The summed E-state index contributed by atoms with van der Waals surface area (Å²) in [5.74, 6) is -0.0808. The van der Waals surface area contributed by atoms with Crippen molar-refractivity contribution >= 4 is 23.5 Å². The second-order valence-corrected chi connectivity index (χ2v) is 11.4. The van der Waals surface area contributed by atoms with Gasteiger partial charge in [0.15, 0.2) is 5.03 Å². The molecule has 1 aromatic rings. The van der Waals surface area contributed by atoms with Crippen LogP contribution >= 0.6 is 23.5 Å². The normalized spacial score (nSPS) is 24.2. The molecule has 0 bridgehead atoms. The molecule has 0 amide bonds. The molecular weight excluding hydrogens is 446 g/mol. The number of ether oxygens (including phenoxy) is 1.